The van der Waals surface area contributed by atoms with E-state index in [9.17, 15) is 4.39 Å². The fraction of sp³-hybridized carbons (Fsp3) is 0.381. The molecule has 0 N–H and O–H groups in total. The molecule has 1 aromatic carbocycles. The molecular formula is C21H22ClFN4O2. The summed E-state index contributed by atoms with van der Waals surface area (Å²) in [6.07, 6.45) is 3.58. The monoisotopic (exact) mass is 416 g/mol. The standard InChI is InChI=1S/C21H22ClFN4O2/c1-27(2)12-21(8-9-21)13-29-20-25-17-15(10-24-18(22)16(17)23)19(26-20)28-11-14-6-4-3-5-7-14/h3-7,10H,8-9,11-13H2,1-2H3. The van der Waals surface area contributed by atoms with Gasteiger partial charge in [-0.05, 0) is 32.5 Å². The molecule has 0 aliphatic heterocycles. The summed E-state index contributed by atoms with van der Waals surface area (Å²) in [6.45, 7) is 1.67. The number of nitrogens with zero attached hydrogens (tertiary/aromatic N) is 4. The minimum atomic E-state index is -0.713. The van der Waals surface area contributed by atoms with Crippen LogP contribution in [0, 0.1) is 11.2 Å². The molecule has 2 heterocycles. The normalized spacial score (nSPS) is 14.9. The quantitative estimate of drug-likeness (QED) is 0.515. The molecule has 0 radical (unpaired) electrons. The third-order valence-corrected chi connectivity index (χ3v) is 5.18. The van der Waals surface area contributed by atoms with E-state index in [2.05, 4.69) is 19.9 Å². The van der Waals surface area contributed by atoms with Crippen LogP contribution in [-0.2, 0) is 6.61 Å². The second-order valence-corrected chi connectivity index (χ2v) is 8.10. The lowest BCUT2D eigenvalue weighted by Crippen LogP contribution is -2.28. The molecule has 29 heavy (non-hydrogen) atoms. The topological polar surface area (TPSA) is 60.4 Å². The number of rotatable bonds is 8. The molecule has 0 unspecified atom stereocenters. The van der Waals surface area contributed by atoms with Crippen LogP contribution in [-0.4, -0.2) is 47.1 Å². The molecule has 1 fully saturated rings. The highest BCUT2D eigenvalue weighted by atomic mass is 35.5. The second-order valence-electron chi connectivity index (χ2n) is 7.74. The molecule has 1 saturated carbocycles. The Labute approximate surface area is 173 Å². The van der Waals surface area contributed by atoms with Gasteiger partial charge in [-0.15, -0.1) is 0 Å². The van der Waals surface area contributed by atoms with Crippen molar-refractivity contribution >= 4 is 22.5 Å². The van der Waals surface area contributed by atoms with Crippen molar-refractivity contribution < 1.29 is 13.9 Å². The number of hydrogen-bond donors (Lipinski definition) is 0. The minimum Gasteiger partial charge on any atom is -0.472 e. The summed E-state index contributed by atoms with van der Waals surface area (Å²) in [6, 6.07) is 9.73. The van der Waals surface area contributed by atoms with Gasteiger partial charge in [0.05, 0.1) is 12.0 Å². The van der Waals surface area contributed by atoms with Crippen LogP contribution in [0.1, 0.15) is 18.4 Å². The number of fused-ring (bicyclic) bond motifs is 1. The summed E-state index contributed by atoms with van der Waals surface area (Å²) in [7, 11) is 4.07. The Kier molecular flexibility index (Phi) is 5.52. The lowest BCUT2D eigenvalue weighted by molar-refractivity contribution is 0.181. The van der Waals surface area contributed by atoms with Crippen LogP contribution in [0.4, 0.5) is 4.39 Å². The molecule has 0 bridgehead atoms. The summed E-state index contributed by atoms with van der Waals surface area (Å²) in [5.41, 5.74) is 1.10. The Hall–Kier alpha value is -2.51. The van der Waals surface area contributed by atoms with Gasteiger partial charge in [-0.2, -0.15) is 9.97 Å². The molecule has 3 aromatic rings. The fourth-order valence-electron chi connectivity index (χ4n) is 3.30. The van der Waals surface area contributed by atoms with Gasteiger partial charge in [0.1, 0.15) is 12.1 Å². The van der Waals surface area contributed by atoms with Crippen molar-refractivity contribution in [3.63, 3.8) is 0 Å². The Morgan fingerprint density at radius 1 is 1.14 bits per heavy atom. The highest BCUT2D eigenvalue weighted by molar-refractivity contribution is 6.30. The Morgan fingerprint density at radius 3 is 2.59 bits per heavy atom. The Morgan fingerprint density at radius 2 is 1.90 bits per heavy atom. The first kappa shape index (κ1) is 19.8. The van der Waals surface area contributed by atoms with Gasteiger partial charge in [0.2, 0.25) is 5.88 Å². The van der Waals surface area contributed by atoms with Crippen LogP contribution in [0.15, 0.2) is 36.5 Å². The van der Waals surface area contributed by atoms with Gasteiger partial charge in [0.25, 0.3) is 0 Å². The minimum absolute atomic E-state index is 0.0375. The average Bonchev–Trinajstić information content (AvgIpc) is 3.47. The van der Waals surface area contributed by atoms with Gasteiger partial charge < -0.3 is 14.4 Å². The molecule has 0 saturated heterocycles. The first-order valence-corrected chi connectivity index (χ1v) is 9.80. The highest BCUT2D eigenvalue weighted by Gasteiger charge is 2.44. The Bertz CT molecular complexity index is 1010. The van der Waals surface area contributed by atoms with Gasteiger partial charge >= 0.3 is 6.01 Å². The van der Waals surface area contributed by atoms with E-state index in [0.717, 1.165) is 24.9 Å². The van der Waals surface area contributed by atoms with Gasteiger partial charge in [0, 0.05) is 18.2 Å². The van der Waals surface area contributed by atoms with E-state index in [1.165, 1.54) is 6.20 Å². The second kappa shape index (κ2) is 8.08. The van der Waals surface area contributed by atoms with Crippen molar-refractivity contribution in [3.05, 3.63) is 53.1 Å². The van der Waals surface area contributed by atoms with Crippen molar-refractivity contribution in [1.82, 2.24) is 19.9 Å². The van der Waals surface area contributed by atoms with E-state index in [0.29, 0.717) is 12.0 Å². The molecule has 8 heteroatoms. The predicted molar refractivity (Wildman–Crippen MR) is 109 cm³/mol. The summed E-state index contributed by atoms with van der Waals surface area (Å²) in [4.78, 5) is 14.6. The molecule has 1 aliphatic rings. The van der Waals surface area contributed by atoms with E-state index in [1.54, 1.807) is 0 Å². The predicted octanol–water partition coefficient (Wildman–Crippen LogP) is 4.12. The molecule has 152 valence electrons. The number of ether oxygens (including phenoxy) is 2. The zero-order chi connectivity index (χ0) is 20.4. The average molecular weight is 417 g/mol. The molecule has 1 aliphatic carbocycles. The van der Waals surface area contributed by atoms with Crippen molar-refractivity contribution in [3.8, 4) is 11.9 Å². The summed E-state index contributed by atoms with van der Waals surface area (Å²) in [5, 5.41) is 0.104. The Balaban J connectivity index is 1.61. The van der Waals surface area contributed by atoms with Crippen LogP contribution >= 0.6 is 11.6 Å². The van der Waals surface area contributed by atoms with Crippen LogP contribution in [0.25, 0.3) is 10.9 Å². The zero-order valence-corrected chi connectivity index (χ0v) is 17.1. The van der Waals surface area contributed by atoms with Crippen LogP contribution in [0.3, 0.4) is 0 Å². The number of halogens is 2. The number of aromatic nitrogens is 3. The SMILES string of the molecule is CN(C)CC1(COc2nc(OCc3ccccc3)c3cnc(Cl)c(F)c3n2)CC1. The van der Waals surface area contributed by atoms with E-state index in [4.69, 9.17) is 21.1 Å². The smallest absolute Gasteiger partial charge is 0.320 e. The van der Waals surface area contributed by atoms with E-state index < -0.39 is 5.82 Å². The maximum atomic E-state index is 14.6. The number of hydrogen-bond acceptors (Lipinski definition) is 6. The van der Waals surface area contributed by atoms with Gasteiger partial charge in [-0.3, -0.25) is 0 Å². The van der Waals surface area contributed by atoms with Crippen molar-refractivity contribution in [2.75, 3.05) is 27.2 Å². The summed E-state index contributed by atoms with van der Waals surface area (Å²) < 4.78 is 26.3. The zero-order valence-electron chi connectivity index (χ0n) is 16.4. The van der Waals surface area contributed by atoms with Crippen molar-refractivity contribution in [2.24, 2.45) is 5.41 Å². The molecule has 0 amide bonds. The van der Waals surface area contributed by atoms with Gasteiger partial charge in [-0.1, -0.05) is 41.9 Å². The van der Waals surface area contributed by atoms with Crippen molar-refractivity contribution in [1.29, 1.82) is 0 Å². The maximum absolute atomic E-state index is 14.6. The molecule has 2 aromatic heterocycles. The van der Waals surface area contributed by atoms with E-state index in [-0.39, 0.29) is 34.6 Å². The maximum Gasteiger partial charge on any atom is 0.320 e. The highest BCUT2D eigenvalue weighted by Crippen LogP contribution is 2.46. The summed E-state index contributed by atoms with van der Waals surface area (Å²) >= 11 is 5.85. The largest absolute Gasteiger partial charge is 0.472 e. The van der Waals surface area contributed by atoms with Crippen LogP contribution in [0.2, 0.25) is 5.15 Å². The lowest BCUT2D eigenvalue weighted by atomic mass is 10.1. The van der Waals surface area contributed by atoms with Gasteiger partial charge in [-0.25, -0.2) is 9.37 Å². The van der Waals surface area contributed by atoms with Crippen LogP contribution < -0.4 is 9.47 Å². The molecule has 0 atom stereocenters. The molecule has 6 nitrogen and oxygen atoms in total. The molecule has 4 rings (SSSR count). The van der Waals surface area contributed by atoms with Crippen molar-refractivity contribution in [2.45, 2.75) is 19.4 Å². The summed E-state index contributed by atoms with van der Waals surface area (Å²) in [5.74, 6) is -0.496. The van der Waals surface area contributed by atoms with E-state index in [1.807, 2.05) is 44.4 Å². The first-order valence-electron chi connectivity index (χ1n) is 9.42. The van der Waals surface area contributed by atoms with Crippen LogP contribution in [0.5, 0.6) is 11.9 Å². The number of pyridine rings is 1. The fourth-order valence-corrected chi connectivity index (χ4v) is 3.44. The third-order valence-electron chi connectivity index (χ3n) is 4.92. The first-order chi connectivity index (χ1) is 14.0. The molecule has 0 spiro atoms. The molecular weight excluding hydrogens is 395 g/mol. The van der Waals surface area contributed by atoms with Gasteiger partial charge in [0.15, 0.2) is 11.0 Å². The number of benzene rings is 1. The lowest BCUT2D eigenvalue weighted by Gasteiger charge is -2.20. The van der Waals surface area contributed by atoms with E-state index >= 15 is 0 Å². The third kappa shape index (κ3) is 4.57.